The van der Waals surface area contributed by atoms with E-state index in [9.17, 15) is 8.42 Å². The van der Waals surface area contributed by atoms with Crippen LogP contribution in [0.3, 0.4) is 0 Å². The number of fused-ring (bicyclic) bond motifs is 1. The molecule has 0 spiro atoms. The van der Waals surface area contributed by atoms with Crippen molar-refractivity contribution in [1.82, 2.24) is 29.6 Å². The van der Waals surface area contributed by atoms with Crippen LogP contribution in [0.5, 0.6) is 0 Å². The van der Waals surface area contributed by atoms with Gasteiger partial charge in [-0.3, -0.25) is 4.98 Å². The Kier molecular flexibility index (Phi) is 6.17. The van der Waals surface area contributed by atoms with Crippen LogP contribution in [0, 0.1) is 13.8 Å². The minimum Gasteiger partial charge on any atom is -0.251 e. The van der Waals surface area contributed by atoms with Crippen LogP contribution < -0.4 is 0 Å². The molecule has 1 N–H and O–H groups in total. The number of pyridine rings is 1. The number of H-pyrrole nitrogens is 1. The molecule has 2 aromatic carbocycles. The quantitative estimate of drug-likeness (QED) is 0.340. The van der Waals surface area contributed by atoms with E-state index in [-0.39, 0.29) is 11.7 Å². The van der Waals surface area contributed by atoms with Crippen LogP contribution in [-0.4, -0.2) is 38.0 Å². The number of hydrogen-bond donors (Lipinski definition) is 1. The van der Waals surface area contributed by atoms with E-state index >= 15 is 0 Å². The van der Waals surface area contributed by atoms with Gasteiger partial charge in [-0.1, -0.05) is 44.2 Å². The summed E-state index contributed by atoms with van der Waals surface area (Å²) in [7, 11) is -3.61. The molecule has 9 heteroatoms. The third-order valence-electron chi connectivity index (χ3n) is 6.47. The van der Waals surface area contributed by atoms with Crippen LogP contribution in [0.15, 0.2) is 60.8 Å². The lowest BCUT2D eigenvalue weighted by Crippen LogP contribution is -2.14. The summed E-state index contributed by atoms with van der Waals surface area (Å²) >= 11 is 0. The van der Waals surface area contributed by atoms with Crippen LogP contribution in [-0.2, 0) is 22.2 Å². The molecule has 36 heavy (non-hydrogen) atoms. The van der Waals surface area contributed by atoms with Gasteiger partial charge in [0.15, 0.2) is 0 Å². The van der Waals surface area contributed by atoms with Crippen molar-refractivity contribution in [2.45, 2.75) is 45.8 Å². The lowest BCUT2D eigenvalue weighted by molar-refractivity contribution is 0.588. The number of nitrogens with zero attached hydrogens (tertiary/aromatic N) is 5. The minimum atomic E-state index is -3.61. The zero-order chi connectivity index (χ0) is 25.4. The molecule has 0 saturated heterocycles. The second-order valence-corrected chi connectivity index (χ2v) is 11.3. The molecule has 0 atom stereocenters. The number of hydrogen-bond acceptors (Lipinski definition) is 6. The highest BCUT2D eigenvalue weighted by atomic mass is 32.2. The van der Waals surface area contributed by atoms with Gasteiger partial charge in [0.05, 0.1) is 16.8 Å². The van der Waals surface area contributed by atoms with Gasteiger partial charge < -0.3 is 0 Å². The highest BCUT2D eigenvalue weighted by molar-refractivity contribution is 7.89. The molecular weight excluding hydrogens is 472 g/mol. The third kappa shape index (κ3) is 4.54. The minimum absolute atomic E-state index is 0.0674. The summed E-state index contributed by atoms with van der Waals surface area (Å²) in [5.74, 6) is 0.621. The van der Waals surface area contributed by atoms with E-state index in [1.54, 1.807) is 6.20 Å². The Morgan fingerprint density at radius 2 is 1.72 bits per heavy atom. The molecule has 0 saturated carbocycles. The van der Waals surface area contributed by atoms with E-state index in [0.29, 0.717) is 17.8 Å². The maximum Gasteiger partial charge on any atom is 0.243 e. The molecule has 5 rings (SSSR count). The highest BCUT2D eigenvalue weighted by Crippen LogP contribution is 2.30. The summed E-state index contributed by atoms with van der Waals surface area (Å²) in [6, 6.07) is 17.2. The number of benzene rings is 2. The summed E-state index contributed by atoms with van der Waals surface area (Å²) in [6.07, 6.45) is 2.38. The van der Waals surface area contributed by atoms with Crippen molar-refractivity contribution in [3.05, 3.63) is 94.3 Å². The summed E-state index contributed by atoms with van der Waals surface area (Å²) in [4.78, 5) is 4.96. The molecule has 3 heterocycles. The standard InChI is InChI=1S/C27H28N6O2S/c1-17(2)24-15-33(36(34,35)16-20-8-6-5-7-9-20)25-11-10-22(28-26(24)25)14-23-18(3)12-21(13-19(23)4)27-29-31-32-30-27/h5-13,15,17H,14,16H2,1-4H3,(H,29,30,31,32). The average molecular weight is 501 g/mol. The Morgan fingerprint density at radius 1 is 1.00 bits per heavy atom. The van der Waals surface area contributed by atoms with Crippen molar-refractivity contribution in [1.29, 1.82) is 0 Å². The second-order valence-electron chi connectivity index (χ2n) is 9.45. The van der Waals surface area contributed by atoms with Crippen LogP contribution in [0.4, 0.5) is 0 Å². The van der Waals surface area contributed by atoms with E-state index < -0.39 is 10.0 Å². The van der Waals surface area contributed by atoms with Crippen LogP contribution in [0.2, 0.25) is 0 Å². The van der Waals surface area contributed by atoms with Gasteiger partial charge >= 0.3 is 0 Å². The Bertz CT molecular complexity index is 1620. The molecule has 0 aliphatic heterocycles. The van der Waals surface area contributed by atoms with Gasteiger partial charge in [-0.15, -0.1) is 10.2 Å². The predicted octanol–water partition coefficient (Wildman–Crippen LogP) is 4.93. The van der Waals surface area contributed by atoms with Crippen molar-refractivity contribution in [3.8, 4) is 11.4 Å². The first-order chi connectivity index (χ1) is 17.2. The molecule has 8 nitrogen and oxygen atoms in total. The van der Waals surface area contributed by atoms with Crippen molar-refractivity contribution >= 4 is 21.1 Å². The second kappa shape index (κ2) is 9.31. The Hall–Kier alpha value is -3.85. The summed E-state index contributed by atoms with van der Waals surface area (Å²) in [6.45, 7) is 8.25. The first-order valence-corrected chi connectivity index (χ1v) is 13.5. The Labute approximate surface area is 210 Å². The van der Waals surface area contributed by atoms with Crippen LogP contribution in [0.25, 0.3) is 22.4 Å². The van der Waals surface area contributed by atoms with Crippen molar-refractivity contribution in [2.75, 3.05) is 0 Å². The molecule has 0 bridgehead atoms. The zero-order valence-electron chi connectivity index (χ0n) is 20.7. The fourth-order valence-corrected chi connectivity index (χ4v) is 6.09. The average Bonchev–Trinajstić information content (AvgIpc) is 3.50. The smallest absolute Gasteiger partial charge is 0.243 e. The maximum atomic E-state index is 13.4. The van der Waals surface area contributed by atoms with E-state index in [2.05, 4.69) is 60.5 Å². The lowest BCUT2D eigenvalue weighted by Gasteiger charge is -2.12. The molecule has 0 aliphatic carbocycles. The molecule has 184 valence electrons. The normalized spacial score (nSPS) is 12.0. The Balaban J connectivity index is 1.53. The molecular formula is C27H28N6O2S. The molecule has 0 fully saturated rings. The third-order valence-corrected chi connectivity index (χ3v) is 8.07. The van der Waals surface area contributed by atoms with Crippen molar-refractivity contribution < 1.29 is 8.42 Å². The monoisotopic (exact) mass is 500 g/mol. The molecule has 0 unspecified atom stereocenters. The van der Waals surface area contributed by atoms with Crippen LogP contribution >= 0.6 is 0 Å². The Morgan fingerprint density at radius 3 is 2.36 bits per heavy atom. The van der Waals surface area contributed by atoms with Gasteiger partial charge in [-0.05, 0) is 77.1 Å². The van der Waals surface area contributed by atoms with E-state index in [1.807, 2.05) is 42.5 Å². The van der Waals surface area contributed by atoms with Gasteiger partial charge in [0, 0.05) is 23.9 Å². The summed E-state index contributed by atoms with van der Waals surface area (Å²) < 4.78 is 28.1. The SMILES string of the molecule is Cc1cc(-c2nn[nH]n2)cc(C)c1Cc1ccc2c(n1)c(C(C)C)cn2S(=O)(=O)Cc1ccccc1. The van der Waals surface area contributed by atoms with Gasteiger partial charge in [0.1, 0.15) is 0 Å². The van der Waals surface area contributed by atoms with E-state index in [4.69, 9.17) is 4.98 Å². The number of aromatic nitrogens is 6. The van der Waals surface area contributed by atoms with Crippen molar-refractivity contribution in [2.24, 2.45) is 0 Å². The molecule has 0 radical (unpaired) electrons. The van der Waals surface area contributed by atoms with Gasteiger partial charge in [-0.25, -0.2) is 12.4 Å². The first kappa shape index (κ1) is 23.9. The fourth-order valence-electron chi connectivity index (χ4n) is 4.61. The molecule has 3 aromatic heterocycles. The van der Waals surface area contributed by atoms with E-state index in [1.165, 1.54) is 9.54 Å². The summed E-state index contributed by atoms with van der Waals surface area (Å²) in [5, 5.41) is 14.3. The lowest BCUT2D eigenvalue weighted by atomic mass is 9.95. The molecule has 0 amide bonds. The first-order valence-electron chi connectivity index (χ1n) is 11.8. The fraction of sp³-hybridized carbons (Fsp3) is 0.259. The van der Waals surface area contributed by atoms with E-state index in [0.717, 1.165) is 39.0 Å². The predicted molar refractivity (Wildman–Crippen MR) is 140 cm³/mol. The number of rotatable bonds is 7. The molecule has 0 aliphatic rings. The number of aryl methyl sites for hydroxylation is 2. The topological polar surface area (TPSA) is 106 Å². The number of tetrazole rings is 1. The van der Waals surface area contributed by atoms with Gasteiger partial charge in [0.2, 0.25) is 15.8 Å². The summed E-state index contributed by atoms with van der Waals surface area (Å²) in [5.41, 5.74) is 8.23. The highest BCUT2D eigenvalue weighted by Gasteiger charge is 2.22. The van der Waals surface area contributed by atoms with Crippen LogP contribution in [0.1, 0.15) is 53.3 Å². The van der Waals surface area contributed by atoms with Gasteiger partial charge in [-0.2, -0.15) is 5.21 Å². The number of nitrogens with one attached hydrogen (secondary N) is 1. The van der Waals surface area contributed by atoms with Gasteiger partial charge in [0.25, 0.3) is 0 Å². The zero-order valence-corrected chi connectivity index (χ0v) is 21.5. The van der Waals surface area contributed by atoms with Crippen molar-refractivity contribution in [3.63, 3.8) is 0 Å². The largest absolute Gasteiger partial charge is 0.251 e. The molecule has 5 aromatic rings. The number of aromatic amines is 1. The maximum absolute atomic E-state index is 13.4.